The van der Waals surface area contributed by atoms with Crippen molar-refractivity contribution >= 4 is 17.7 Å². The highest BCUT2D eigenvalue weighted by Gasteiger charge is 2.44. The third-order valence-corrected chi connectivity index (χ3v) is 9.66. The lowest BCUT2D eigenvalue weighted by molar-refractivity contribution is -0.305. The Morgan fingerprint density at radius 3 is 2.11 bits per heavy atom. The molecule has 306 valence electrons. The van der Waals surface area contributed by atoms with Crippen LogP contribution in [-0.2, 0) is 33.3 Å². The molecule has 1 aliphatic heterocycles. The number of esters is 2. The second kappa shape index (κ2) is 29.4. The van der Waals surface area contributed by atoms with E-state index in [1.165, 1.54) is 0 Å². The molecule has 0 amide bonds. The molecule has 11 heteroatoms. The molecule has 1 heterocycles. The van der Waals surface area contributed by atoms with Crippen molar-refractivity contribution in [3.05, 3.63) is 60.8 Å². The highest BCUT2D eigenvalue weighted by atomic mass is 16.7. The summed E-state index contributed by atoms with van der Waals surface area (Å²) in [6.45, 7) is 3.01. The molecule has 11 nitrogen and oxygen atoms in total. The van der Waals surface area contributed by atoms with Gasteiger partial charge in [0.05, 0.1) is 13.2 Å². The first-order chi connectivity index (χ1) is 26.2. The summed E-state index contributed by atoms with van der Waals surface area (Å²) in [5.41, 5.74) is 0. The molecule has 0 aromatic heterocycles. The van der Waals surface area contributed by atoms with E-state index in [4.69, 9.17) is 18.9 Å². The Hall–Kier alpha value is -2.93. The van der Waals surface area contributed by atoms with E-state index in [0.29, 0.717) is 18.8 Å². The second-order valence-corrected chi connectivity index (χ2v) is 14.2. The van der Waals surface area contributed by atoms with E-state index in [-0.39, 0.29) is 37.8 Å². The van der Waals surface area contributed by atoms with Crippen molar-refractivity contribution in [3.63, 3.8) is 0 Å². The van der Waals surface area contributed by atoms with Gasteiger partial charge in [-0.2, -0.15) is 0 Å². The predicted octanol–water partition coefficient (Wildman–Crippen LogP) is 6.53. The van der Waals surface area contributed by atoms with Crippen molar-refractivity contribution in [1.29, 1.82) is 0 Å². The maximum absolute atomic E-state index is 12.7. The van der Waals surface area contributed by atoms with Crippen LogP contribution < -0.4 is 0 Å². The molecule has 1 saturated heterocycles. The molecule has 0 saturated carbocycles. The fourth-order valence-corrected chi connectivity index (χ4v) is 6.43. The molecule has 2 aliphatic rings. The number of aliphatic hydroxyl groups excluding tert-OH is 4. The molecular formula is C43H68O11. The molecule has 2 rings (SSSR count). The summed E-state index contributed by atoms with van der Waals surface area (Å²) in [6.07, 6.45) is 26.4. The van der Waals surface area contributed by atoms with Gasteiger partial charge in [0.1, 0.15) is 31.0 Å². The van der Waals surface area contributed by atoms with Gasteiger partial charge in [-0.1, -0.05) is 101 Å². The van der Waals surface area contributed by atoms with Crippen LogP contribution >= 0.6 is 0 Å². The van der Waals surface area contributed by atoms with Crippen LogP contribution in [0, 0.1) is 11.8 Å². The molecule has 1 fully saturated rings. The monoisotopic (exact) mass is 760 g/mol. The molecule has 0 unspecified atom stereocenters. The maximum Gasteiger partial charge on any atom is 0.306 e. The Morgan fingerprint density at radius 1 is 0.759 bits per heavy atom. The molecule has 0 spiro atoms. The van der Waals surface area contributed by atoms with E-state index < -0.39 is 55.4 Å². The number of aliphatic hydroxyl groups is 4. The third-order valence-electron chi connectivity index (χ3n) is 9.66. The minimum Gasteiger partial charge on any atom is -0.462 e. The molecule has 0 bridgehead atoms. The van der Waals surface area contributed by atoms with E-state index in [0.717, 1.165) is 83.5 Å². The zero-order chi connectivity index (χ0) is 39.4. The van der Waals surface area contributed by atoms with Gasteiger partial charge in [0, 0.05) is 18.8 Å². The number of carbonyl (C=O) groups is 3. The fraction of sp³-hybridized carbons (Fsp3) is 0.698. The van der Waals surface area contributed by atoms with Gasteiger partial charge in [-0.3, -0.25) is 14.4 Å². The molecule has 1 aliphatic carbocycles. The summed E-state index contributed by atoms with van der Waals surface area (Å²) in [5.74, 6) is -0.335. The van der Waals surface area contributed by atoms with E-state index in [1.807, 2.05) is 0 Å². The normalized spacial score (nSPS) is 25.1. The van der Waals surface area contributed by atoms with Crippen LogP contribution in [0.5, 0.6) is 0 Å². The summed E-state index contributed by atoms with van der Waals surface area (Å²) in [5, 5.41) is 40.0. The largest absolute Gasteiger partial charge is 0.462 e. The number of ether oxygens (including phenoxy) is 4. The number of carbonyl (C=O) groups excluding carboxylic acids is 3. The first-order valence-electron chi connectivity index (χ1n) is 20.3. The maximum atomic E-state index is 12.7. The highest BCUT2D eigenvalue weighted by molar-refractivity contribution is 5.94. The van der Waals surface area contributed by atoms with Gasteiger partial charge >= 0.3 is 11.9 Å². The smallest absolute Gasteiger partial charge is 0.306 e. The van der Waals surface area contributed by atoms with Crippen LogP contribution in [0.25, 0.3) is 0 Å². The van der Waals surface area contributed by atoms with Crippen molar-refractivity contribution in [2.45, 2.75) is 160 Å². The molecular weight excluding hydrogens is 692 g/mol. The number of hydrogen-bond acceptors (Lipinski definition) is 11. The topological polar surface area (TPSA) is 169 Å². The van der Waals surface area contributed by atoms with E-state index in [1.54, 1.807) is 6.08 Å². The average molecular weight is 761 g/mol. The summed E-state index contributed by atoms with van der Waals surface area (Å²) in [6, 6.07) is 0. The van der Waals surface area contributed by atoms with E-state index in [2.05, 4.69) is 68.5 Å². The predicted molar refractivity (Wildman–Crippen MR) is 208 cm³/mol. The zero-order valence-electron chi connectivity index (χ0n) is 32.7. The third kappa shape index (κ3) is 19.6. The standard InChI is InChI=1S/C43H68O11/c1-3-5-7-8-9-10-11-12-13-14-15-18-23-27-39(47)53-34(32-52-43-42(50)41(49)40(48)37(30-44)54-43)31-51-38(46)26-22-19-16-17-21-24-33-28-29-36(45)35(33)25-20-6-4-2/h5-7,9-10,12-13,20,28-29,33-35,37,40-44,48-50H,3-4,8,11,14-19,21-27,30-32H2,1-2H3/b7-5-,10-9-,13-12-,20-6-/t33-,34+,35+,37-,40+,41+,42-,43-/m1/s1. The molecule has 8 atom stereocenters. The Balaban J connectivity index is 1.73. The van der Waals surface area contributed by atoms with E-state index in [9.17, 15) is 34.8 Å². The van der Waals surface area contributed by atoms with Crippen molar-refractivity contribution in [3.8, 4) is 0 Å². The number of hydrogen-bond donors (Lipinski definition) is 4. The van der Waals surface area contributed by atoms with Gasteiger partial charge in [0.15, 0.2) is 18.2 Å². The molecule has 4 N–H and O–H groups in total. The van der Waals surface area contributed by atoms with Gasteiger partial charge in [0.2, 0.25) is 0 Å². The lowest BCUT2D eigenvalue weighted by atomic mass is 9.87. The Kier molecular flexibility index (Phi) is 25.7. The van der Waals surface area contributed by atoms with Crippen LogP contribution in [0.4, 0.5) is 0 Å². The minimum atomic E-state index is -1.62. The molecule has 0 radical (unpaired) electrons. The molecule has 54 heavy (non-hydrogen) atoms. The van der Waals surface area contributed by atoms with Gasteiger partial charge in [0.25, 0.3) is 0 Å². The summed E-state index contributed by atoms with van der Waals surface area (Å²) >= 11 is 0. The van der Waals surface area contributed by atoms with Gasteiger partial charge in [-0.15, -0.1) is 0 Å². The van der Waals surface area contributed by atoms with Gasteiger partial charge in [-0.05, 0) is 76.2 Å². The first-order valence-corrected chi connectivity index (χ1v) is 20.3. The van der Waals surface area contributed by atoms with Crippen LogP contribution in [0.2, 0.25) is 0 Å². The number of unbranched alkanes of at least 4 members (excludes halogenated alkanes) is 7. The molecule has 0 aromatic carbocycles. The minimum absolute atomic E-state index is 0.0573. The number of allylic oxidation sites excluding steroid dienone is 10. The van der Waals surface area contributed by atoms with Crippen molar-refractivity contribution in [1.82, 2.24) is 0 Å². The van der Waals surface area contributed by atoms with Gasteiger partial charge < -0.3 is 39.4 Å². The zero-order valence-corrected chi connectivity index (χ0v) is 32.7. The van der Waals surface area contributed by atoms with Crippen LogP contribution in [0.15, 0.2) is 60.8 Å². The summed E-state index contributed by atoms with van der Waals surface area (Å²) in [4.78, 5) is 37.5. The summed E-state index contributed by atoms with van der Waals surface area (Å²) in [7, 11) is 0. The van der Waals surface area contributed by atoms with Crippen molar-refractivity contribution in [2.24, 2.45) is 11.8 Å². The summed E-state index contributed by atoms with van der Waals surface area (Å²) < 4.78 is 22.0. The molecule has 0 aromatic rings. The van der Waals surface area contributed by atoms with Crippen LogP contribution in [0.1, 0.15) is 123 Å². The Labute approximate surface area is 323 Å². The SMILES string of the molecule is CC/C=C\C/C=C\C/C=C\CCCCCC(=O)O[C@@H](COC(=O)CCCCCCC[C@@H]1C=CC(=O)[C@H]1C/C=C\CC)CO[C@@H]1O[C@H](CO)[C@H](O)[C@H](O)[C@H]1O. The lowest BCUT2D eigenvalue weighted by Gasteiger charge is -2.39. The van der Waals surface area contributed by atoms with Gasteiger partial charge in [-0.25, -0.2) is 0 Å². The fourth-order valence-electron chi connectivity index (χ4n) is 6.43. The van der Waals surface area contributed by atoms with Crippen molar-refractivity contribution in [2.75, 3.05) is 19.8 Å². The Morgan fingerprint density at radius 2 is 1.39 bits per heavy atom. The highest BCUT2D eigenvalue weighted by Crippen LogP contribution is 2.30. The first kappa shape index (κ1) is 47.2. The van der Waals surface area contributed by atoms with Crippen LogP contribution in [-0.4, -0.2) is 94.8 Å². The second-order valence-electron chi connectivity index (χ2n) is 14.2. The van der Waals surface area contributed by atoms with Crippen LogP contribution in [0.3, 0.4) is 0 Å². The van der Waals surface area contributed by atoms with Crippen molar-refractivity contribution < 1.29 is 53.8 Å². The van der Waals surface area contributed by atoms with E-state index >= 15 is 0 Å². The Bertz CT molecular complexity index is 1190. The number of rotatable bonds is 29. The quantitative estimate of drug-likeness (QED) is 0.0372. The lowest BCUT2D eigenvalue weighted by Crippen LogP contribution is -2.59. The average Bonchev–Trinajstić information content (AvgIpc) is 3.52. The number of ketones is 1.